The van der Waals surface area contributed by atoms with Crippen LogP contribution in [0.15, 0.2) is 18.2 Å². The molecule has 2 fully saturated rings. The SMILES string of the molecule is Cc1cc(C(=O)N2CCCC2)ccc1NC(=O)CN1CCCC1=O. The van der Waals surface area contributed by atoms with Crippen LogP contribution in [0.2, 0.25) is 0 Å². The number of aryl methyl sites for hydroxylation is 1. The molecule has 1 aromatic carbocycles. The van der Waals surface area contributed by atoms with Gasteiger partial charge in [-0.25, -0.2) is 0 Å². The number of benzene rings is 1. The van der Waals surface area contributed by atoms with Crippen molar-refractivity contribution < 1.29 is 14.4 Å². The third kappa shape index (κ3) is 3.58. The molecular weight excluding hydrogens is 306 g/mol. The summed E-state index contributed by atoms with van der Waals surface area (Å²) in [5.74, 6) is -0.114. The molecule has 3 rings (SSSR count). The summed E-state index contributed by atoms with van der Waals surface area (Å²) >= 11 is 0. The summed E-state index contributed by atoms with van der Waals surface area (Å²) in [6.07, 6.45) is 3.47. The Morgan fingerprint density at radius 1 is 1.12 bits per heavy atom. The van der Waals surface area contributed by atoms with Gasteiger partial charge in [0.2, 0.25) is 11.8 Å². The van der Waals surface area contributed by atoms with Gasteiger partial charge in [-0.15, -0.1) is 0 Å². The minimum atomic E-state index is -0.202. The summed E-state index contributed by atoms with van der Waals surface area (Å²) in [6, 6.07) is 5.34. The number of amides is 3. The van der Waals surface area contributed by atoms with E-state index >= 15 is 0 Å². The molecule has 2 saturated heterocycles. The van der Waals surface area contributed by atoms with Crippen LogP contribution in [0.4, 0.5) is 5.69 Å². The van der Waals surface area contributed by atoms with E-state index in [9.17, 15) is 14.4 Å². The summed E-state index contributed by atoms with van der Waals surface area (Å²) in [7, 11) is 0. The van der Waals surface area contributed by atoms with Crippen LogP contribution < -0.4 is 5.32 Å². The van der Waals surface area contributed by atoms with Gasteiger partial charge in [0.25, 0.3) is 5.91 Å². The lowest BCUT2D eigenvalue weighted by Gasteiger charge is -2.18. The predicted octanol–water partition coefficient (Wildman–Crippen LogP) is 1.79. The highest BCUT2D eigenvalue weighted by Crippen LogP contribution is 2.20. The van der Waals surface area contributed by atoms with E-state index in [1.165, 1.54) is 0 Å². The standard InChI is InChI=1S/C18H23N3O3/c1-13-11-14(18(24)20-8-2-3-9-20)6-7-15(13)19-16(22)12-21-10-4-5-17(21)23/h6-7,11H,2-5,8-10,12H2,1H3,(H,19,22). The zero-order valence-electron chi connectivity index (χ0n) is 14.0. The third-order valence-corrected chi connectivity index (χ3v) is 4.65. The Kier molecular flexibility index (Phi) is 4.83. The van der Waals surface area contributed by atoms with Crippen molar-refractivity contribution in [3.63, 3.8) is 0 Å². The van der Waals surface area contributed by atoms with E-state index in [0.29, 0.717) is 24.2 Å². The van der Waals surface area contributed by atoms with Crippen LogP contribution >= 0.6 is 0 Å². The molecule has 0 aliphatic carbocycles. The lowest BCUT2D eigenvalue weighted by Crippen LogP contribution is -2.34. The fourth-order valence-electron chi connectivity index (χ4n) is 3.27. The monoisotopic (exact) mass is 329 g/mol. The number of anilines is 1. The van der Waals surface area contributed by atoms with Gasteiger partial charge in [0.1, 0.15) is 0 Å². The van der Waals surface area contributed by atoms with Crippen LogP contribution in [0.5, 0.6) is 0 Å². The van der Waals surface area contributed by atoms with Gasteiger partial charge in [-0.3, -0.25) is 14.4 Å². The summed E-state index contributed by atoms with van der Waals surface area (Å²) < 4.78 is 0. The van der Waals surface area contributed by atoms with Crippen LogP contribution in [0.3, 0.4) is 0 Å². The van der Waals surface area contributed by atoms with Crippen LogP contribution in [-0.4, -0.2) is 53.7 Å². The summed E-state index contributed by atoms with van der Waals surface area (Å²) in [6.45, 7) is 4.25. The molecule has 2 aliphatic heterocycles. The van der Waals surface area contributed by atoms with Crippen molar-refractivity contribution in [3.05, 3.63) is 29.3 Å². The normalized spacial score (nSPS) is 17.5. The summed E-state index contributed by atoms with van der Waals surface area (Å²) in [5.41, 5.74) is 2.19. The zero-order valence-corrected chi connectivity index (χ0v) is 14.0. The Bertz CT molecular complexity index is 665. The smallest absolute Gasteiger partial charge is 0.253 e. The quantitative estimate of drug-likeness (QED) is 0.915. The molecule has 3 amide bonds. The average Bonchev–Trinajstić information content (AvgIpc) is 3.21. The molecule has 0 atom stereocenters. The van der Waals surface area contributed by atoms with E-state index in [1.54, 1.807) is 17.0 Å². The van der Waals surface area contributed by atoms with E-state index < -0.39 is 0 Å². The van der Waals surface area contributed by atoms with E-state index in [0.717, 1.165) is 37.9 Å². The summed E-state index contributed by atoms with van der Waals surface area (Å²) in [4.78, 5) is 39.5. The second-order valence-corrected chi connectivity index (χ2v) is 6.50. The van der Waals surface area contributed by atoms with E-state index in [1.807, 2.05) is 17.9 Å². The van der Waals surface area contributed by atoms with Crippen molar-refractivity contribution in [2.24, 2.45) is 0 Å². The predicted molar refractivity (Wildman–Crippen MR) is 90.8 cm³/mol. The highest BCUT2D eigenvalue weighted by atomic mass is 16.2. The highest BCUT2D eigenvalue weighted by Gasteiger charge is 2.23. The number of carbonyl (C=O) groups excluding carboxylic acids is 3. The van der Waals surface area contributed by atoms with Gasteiger partial charge in [0, 0.05) is 37.3 Å². The molecule has 0 aromatic heterocycles. The molecule has 6 heteroatoms. The van der Waals surface area contributed by atoms with Crippen molar-refractivity contribution in [3.8, 4) is 0 Å². The molecular formula is C18H23N3O3. The number of rotatable bonds is 4. The Morgan fingerprint density at radius 2 is 1.88 bits per heavy atom. The van der Waals surface area contributed by atoms with E-state index in [4.69, 9.17) is 0 Å². The highest BCUT2D eigenvalue weighted by molar-refractivity contribution is 5.98. The fraction of sp³-hybridized carbons (Fsp3) is 0.500. The second kappa shape index (κ2) is 7.03. The second-order valence-electron chi connectivity index (χ2n) is 6.50. The Morgan fingerprint density at radius 3 is 2.50 bits per heavy atom. The maximum atomic E-state index is 12.4. The zero-order chi connectivity index (χ0) is 17.1. The van der Waals surface area contributed by atoms with Gasteiger partial charge in [-0.05, 0) is 49.9 Å². The first kappa shape index (κ1) is 16.5. The Hall–Kier alpha value is -2.37. The molecule has 6 nitrogen and oxygen atoms in total. The van der Waals surface area contributed by atoms with Crippen molar-refractivity contribution in [1.29, 1.82) is 0 Å². The lowest BCUT2D eigenvalue weighted by atomic mass is 10.1. The Balaban J connectivity index is 1.63. The fourth-order valence-corrected chi connectivity index (χ4v) is 3.27. The van der Waals surface area contributed by atoms with Crippen molar-refractivity contribution >= 4 is 23.4 Å². The molecule has 128 valence electrons. The molecule has 2 heterocycles. The molecule has 1 aromatic rings. The van der Waals surface area contributed by atoms with Crippen molar-refractivity contribution in [2.45, 2.75) is 32.6 Å². The van der Waals surface area contributed by atoms with Gasteiger partial charge < -0.3 is 15.1 Å². The van der Waals surface area contributed by atoms with Crippen LogP contribution in [0.25, 0.3) is 0 Å². The number of carbonyl (C=O) groups is 3. The van der Waals surface area contributed by atoms with Crippen LogP contribution in [0, 0.1) is 6.92 Å². The van der Waals surface area contributed by atoms with E-state index in [-0.39, 0.29) is 24.3 Å². The summed E-state index contributed by atoms with van der Waals surface area (Å²) in [5, 5.41) is 2.84. The molecule has 0 radical (unpaired) electrons. The number of likely N-dealkylation sites (tertiary alicyclic amines) is 2. The molecule has 0 spiro atoms. The minimum absolute atomic E-state index is 0.0356. The van der Waals surface area contributed by atoms with Gasteiger partial charge in [-0.1, -0.05) is 0 Å². The first-order valence-electron chi connectivity index (χ1n) is 8.52. The maximum Gasteiger partial charge on any atom is 0.253 e. The third-order valence-electron chi connectivity index (χ3n) is 4.65. The Labute approximate surface area is 141 Å². The van der Waals surface area contributed by atoms with Gasteiger partial charge in [-0.2, -0.15) is 0 Å². The molecule has 1 N–H and O–H groups in total. The molecule has 0 unspecified atom stereocenters. The van der Waals surface area contributed by atoms with Gasteiger partial charge in [0.05, 0.1) is 6.54 Å². The molecule has 2 aliphatic rings. The number of hydrogen-bond donors (Lipinski definition) is 1. The van der Waals surface area contributed by atoms with Crippen molar-refractivity contribution in [2.75, 3.05) is 31.5 Å². The number of nitrogens with zero attached hydrogens (tertiary/aromatic N) is 2. The average molecular weight is 329 g/mol. The molecule has 0 saturated carbocycles. The van der Waals surface area contributed by atoms with Crippen molar-refractivity contribution in [1.82, 2.24) is 9.80 Å². The topological polar surface area (TPSA) is 69.7 Å². The largest absolute Gasteiger partial charge is 0.339 e. The lowest BCUT2D eigenvalue weighted by molar-refractivity contribution is -0.131. The van der Waals surface area contributed by atoms with Crippen LogP contribution in [-0.2, 0) is 9.59 Å². The first-order chi connectivity index (χ1) is 11.5. The number of hydrogen-bond acceptors (Lipinski definition) is 3. The first-order valence-corrected chi connectivity index (χ1v) is 8.52. The minimum Gasteiger partial charge on any atom is -0.339 e. The number of nitrogens with one attached hydrogen (secondary N) is 1. The van der Waals surface area contributed by atoms with Gasteiger partial charge in [0.15, 0.2) is 0 Å². The molecule has 0 bridgehead atoms. The van der Waals surface area contributed by atoms with Gasteiger partial charge >= 0.3 is 0 Å². The van der Waals surface area contributed by atoms with E-state index in [2.05, 4.69) is 5.32 Å². The molecule has 24 heavy (non-hydrogen) atoms. The maximum absolute atomic E-state index is 12.4. The van der Waals surface area contributed by atoms with Crippen LogP contribution in [0.1, 0.15) is 41.6 Å².